The van der Waals surface area contributed by atoms with E-state index in [9.17, 15) is 4.57 Å². The summed E-state index contributed by atoms with van der Waals surface area (Å²) in [6, 6.07) is 35.5. The van der Waals surface area contributed by atoms with Crippen molar-refractivity contribution >= 4 is 23.4 Å². The lowest BCUT2D eigenvalue weighted by Crippen LogP contribution is -2.29. The van der Waals surface area contributed by atoms with Crippen molar-refractivity contribution in [3.8, 4) is 16.9 Å². The largest absolute Gasteiger partial charge is 0.496 e. The molecule has 0 amide bonds. The predicted molar refractivity (Wildman–Crippen MR) is 131 cm³/mol. The van der Waals surface area contributed by atoms with Gasteiger partial charge in [0.2, 0.25) is 0 Å². The molecule has 4 rings (SSSR count). The normalized spacial score (nSPS) is 12.2. The molecule has 1 N–H and O–H groups in total. The van der Waals surface area contributed by atoms with Gasteiger partial charge in [-0.05, 0) is 19.1 Å². The molecule has 4 aromatic carbocycles. The fourth-order valence-electron chi connectivity index (χ4n) is 3.92. The Kier molecular flexibility index (Phi) is 6.25. The summed E-state index contributed by atoms with van der Waals surface area (Å²) in [5, 5.41) is 5.27. The molecule has 31 heavy (non-hydrogen) atoms. The molecule has 156 valence electrons. The fraction of sp³-hybridized carbons (Fsp3) is 0.111. The number of nitrogens with one attached hydrogen (secondary N) is 1. The Labute approximate surface area is 184 Å². The first-order valence-corrected chi connectivity index (χ1v) is 12.1. The first-order valence-electron chi connectivity index (χ1n) is 10.3. The molecule has 0 spiro atoms. The van der Waals surface area contributed by atoms with Gasteiger partial charge in [0, 0.05) is 27.4 Å². The lowest BCUT2D eigenvalue weighted by Gasteiger charge is -2.28. The smallest absolute Gasteiger partial charge is 0.163 e. The molecular formula is C27H26NO2P. The van der Waals surface area contributed by atoms with Crippen molar-refractivity contribution in [1.82, 2.24) is 0 Å². The first kappa shape index (κ1) is 21.0. The van der Waals surface area contributed by atoms with Crippen LogP contribution in [0.4, 0.5) is 5.69 Å². The molecule has 4 heteroatoms. The lowest BCUT2D eigenvalue weighted by molar-refractivity contribution is 0.416. The molecule has 0 aliphatic carbocycles. The summed E-state index contributed by atoms with van der Waals surface area (Å²) in [5.74, 6) is 0.492. The van der Waals surface area contributed by atoms with Gasteiger partial charge in [-0.25, -0.2) is 0 Å². The molecule has 4 aromatic rings. The highest BCUT2D eigenvalue weighted by Gasteiger charge is 2.34. The molecule has 0 aliphatic heterocycles. The van der Waals surface area contributed by atoms with Gasteiger partial charge in [0.1, 0.15) is 5.75 Å². The van der Waals surface area contributed by atoms with Crippen molar-refractivity contribution in [2.24, 2.45) is 0 Å². The average Bonchev–Trinajstić information content (AvgIpc) is 2.85. The van der Waals surface area contributed by atoms with Crippen LogP contribution in [0.5, 0.6) is 5.75 Å². The summed E-state index contributed by atoms with van der Waals surface area (Å²) in [6.45, 7) is 2.00. The summed E-state index contributed by atoms with van der Waals surface area (Å²) >= 11 is 0. The second-order valence-corrected chi connectivity index (χ2v) is 10.5. The average molecular weight is 427 g/mol. The van der Waals surface area contributed by atoms with E-state index in [1.165, 1.54) is 0 Å². The second kappa shape index (κ2) is 9.24. The zero-order valence-corrected chi connectivity index (χ0v) is 18.6. The molecule has 0 saturated carbocycles. The highest BCUT2D eigenvalue weighted by Crippen LogP contribution is 2.49. The van der Waals surface area contributed by atoms with Gasteiger partial charge in [0.15, 0.2) is 7.14 Å². The number of ether oxygens (including phenoxy) is 1. The molecule has 0 fully saturated rings. The molecular weight excluding hydrogens is 401 g/mol. The van der Waals surface area contributed by atoms with Crippen molar-refractivity contribution < 1.29 is 9.30 Å². The molecule has 0 bridgehead atoms. The molecule has 0 aliphatic rings. The van der Waals surface area contributed by atoms with Crippen LogP contribution < -0.4 is 20.7 Å². The Balaban J connectivity index is 1.78. The standard InChI is InChI=1S/C27H26NO2P/c1-21(31(29,22-13-5-3-6-14-22)23-15-7-4-8-16-23)28-26-19-11-9-17-24(26)25-18-10-12-20-27(25)30-2/h3-21,28H,1-2H3. The van der Waals surface area contributed by atoms with Gasteiger partial charge in [-0.1, -0.05) is 97.1 Å². The van der Waals surface area contributed by atoms with Crippen LogP contribution in [0.15, 0.2) is 109 Å². The third-order valence-electron chi connectivity index (χ3n) is 5.51. The number of hydrogen-bond acceptors (Lipinski definition) is 3. The van der Waals surface area contributed by atoms with Crippen LogP contribution in [0.1, 0.15) is 6.92 Å². The zero-order valence-electron chi connectivity index (χ0n) is 17.7. The SMILES string of the molecule is COc1ccccc1-c1ccccc1NC(C)P(=O)(c1ccccc1)c1ccccc1. The maximum atomic E-state index is 14.6. The van der Waals surface area contributed by atoms with Gasteiger partial charge in [-0.3, -0.25) is 0 Å². The number of hydrogen-bond donors (Lipinski definition) is 1. The summed E-state index contributed by atoms with van der Waals surface area (Å²) in [7, 11) is -1.28. The van der Waals surface area contributed by atoms with E-state index in [0.717, 1.165) is 33.2 Å². The van der Waals surface area contributed by atoms with E-state index in [1.54, 1.807) is 7.11 Å². The van der Waals surface area contributed by atoms with E-state index in [4.69, 9.17) is 4.74 Å². The van der Waals surface area contributed by atoms with Crippen molar-refractivity contribution in [3.63, 3.8) is 0 Å². The first-order chi connectivity index (χ1) is 15.1. The van der Waals surface area contributed by atoms with Gasteiger partial charge in [-0.2, -0.15) is 0 Å². The van der Waals surface area contributed by atoms with Gasteiger partial charge < -0.3 is 14.6 Å². The molecule has 1 unspecified atom stereocenters. The van der Waals surface area contributed by atoms with E-state index in [-0.39, 0.29) is 5.78 Å². The minimum atomic E-state index is -2.95. The van der Waals surface area contributed by atoms with E-state index < -0.39 is 7.14 Å². The summed E-state index contributed by atoms with van der Waals surface area (Å²) in [4.78, 5) is 0. The number of anilines is 1. The molecule has 3 nitrogen and oxygen atoms in total. The molecule has 0 heterocycles. The molecule has 1 atom stereocenters. The maximum absolute atomic E-state index is 14.6. The quantitative estimate of drug-likeness (QED) is 0.360. The van der Waals surface area contributed by atoms with Crippen LogP contribution >= 0.6 is 7.14 Å². The monoisotopic (exact) mass is 427 g/mol. The Morgan fingerprint density at radius 3 is 1.74 bits per heavy atom. The van der Waals surface area contributed by atoms with Crippen LogP contribution in [0.3, 0.4) is 0 Å². The minimum absolute atomic E-state index is 0.312. The molecule has 0 radical (unpaired) electrons. The minimum Gasteiger partial charge on any atom is -0.496 e. The third-order valence-corrected chi connectivity index (χ3v) is 8.86. The maximum Gasteiger partial charge on any atom is 0.163 e. The van der Waals surface area contributed by atoms with E-state index >= 15 is 0 Å². The Morgan fingerprint density at radius 2 is 1.16 bits per heavy atom. The lowest BCUT2D eigenvalue weighted by atomic mass is 10.0. The van der Waals surface area contributed by atoms with Crippen LogP contribution in [-0.4, -0.2) is 12.9 Å². The van der Waals surface area contributed by atoms with E-state index in [1.807, 2.05) is 110 Å². The van der Waals surface area contributed by atoms with Crippen LogP contribution in [0.2, 0.25) is 0 Å². The number of methoxy groups -OCH3 is 1. The van der Waals surface area contributed by atoms with E-state index in [2.05, 4.69) is 11.4 Å². The highest BCUT2D eigenvalue weighted by atomic mass is 31.2. The third kappa shape index (κ3) is 4.15. The van der Waals surface area contributed by atoms with Crippen LogP contribution in [0.25, 0.3) is 11.1 Å². The predicted octanol–water partition coefficient (Wildman–Crippen LogP) is 6.13. The Bertz CT molecular complexity index is 1150. The van der Waals surface area contributed by atoms with Gasteiger partial charge in [0.25, 0.3) is 0 Å². The van der Waals surface area contributed by atoms with Gasteiger partial charge in [0.05, 0.1) is 12.9 Å². The summed E-state index contributed by atoms with van der Waals surface area (Å²) in [6.07, 6.45) is 0. The summed E-state index contributed by atoms with van der Waals surface area (Å²) < 4.78 is 20.2. The summed E-state index contributed by atoms with van der Waals surface area (Å²) in [5.41, 5.74) is 2.93. The molecule has 0 aromatic heterocycles. The molecule has 0 saturated heterocycles. The highest BCUT2D eigenvalue weighted by molar-refractivity contribution is 7.79. The van der Waals surface area contributed by atoms with Gasteiger partial charge >= 0.3 is 0 Å². The van der Waals surface area contributed by atoms with Crippen molar-refractivity contribution in [2.45, 2.75) is 12.7 Å². The van der Waals surface area contributed by atoms with Crippen molar-refractivity contribution in [3.05, 3.63) is 109 Å². The van der Waals surface area contributed by atoms with Crippen molar-refractivity contribution in [1.29, 1.82) is 0 Å². The van der Waals surface area contributed by atoms with Crippen LogP contribution in [0, 0.1) is 0 Å². The number of para-hydroxylation sites is 2. The van der Waals surface area contributed by atoms with Gasteiger partial charge in [-0.15, -0.1) is 0 Å². The second-order valence-electron chi connectivity index (χ2n) is 7.40. The number of rotatable bonds is 7. The van der Waals surface area contributed by atoms with E-state index in [0.29, 0.717) is 0 Å². The Hall–Kier alpha value is -3.29. The topological polar surface area (TPSA) is 38.3 Å². The zero-order chi connectivity index (χ0) is 21.7. The van der Waals surface area contributed by atoms with Crippen molar-refractivity contribution in [2.75, 3.05) is 12.4 Å². The fourth-order valence-corrected chi connectivity index (χ4v) is 6.67. The number of benzene rings is 4. The Morgan fingerprint density at radius 1 is 0.677 bits per heavy atom. The van der Waals surface area contributed by atoms with Crippen LogP contribution in [-0.2, 0) is 4.57 Å².